The molecule has 0 spiro atoms. The van der Waals surface area contributed by atoms with Crippen molar-refractivity contribution >= 4 is 17.6 Å². The van der Waals surface area contributed by atoms with Crippen LogP contribution in [0, 0.1) is 6.92 Å². The molecule has 1 atom stereocenters. The number of aryl methyl sites for hydroxylation is 1. The van der Waals surface area contributed by atoms with E-state index in [1.807, 2.05) is 36.4 Å². The minimum atomic E-state index is -0.0644. The van der Waals surface area contributed by atoms with Gasteiger partial charge >= 0.3 is 0 Å². The molecule has 0 saturated carbocycles. The van der Waals surface area contributed by atoms with E-state index in [4.69, 9.17) is 17.3 Å². The smallest absolute Gasteiger partial charge is 0.195 e. The average molecular weight is 341 g/mol. The Kier molecular flexibility index (Phi) is 5.06. The van der Waals surface area contributed by atoms with E-state index >= 15 is 0 Å². The fraction of sp³-hybridized carbons (Fsp3) is 0.211. The number of hydrogen-bond acceptors (Lipinski definition) is 4. The van der Waals surface area contributed by atoms with E-state index in [1.165, 1.54) is 16.7 Å². The van der Waals surface area contributed by atoms with Gasteiger partial charge in [0, 0.05) is 11.6 Å². The van der Waals surface area contributed by atoms with Crippen LogP contribution in [0.25, 0.3) is 0 Å². The summed E-state index contributed by atoms with van der Waals surface area (Å²) >= 11 is 5.91. The first-order valence-electron chi connectivity index (χ1n) is 7.98. The summed E-state index contributed by atoms with van der Waals surface area (Å²) in [5, 5.41) is 7.24. The zero-order valence-electron chi connectivity index (χ0n) is 13.6. The molecule has 124 valence electrons. The number of halogens is 1. The number of benzene rings is 2. The number of rotatable bonds is 5. The van der Waals surface area contributed by atoms with Crippen molar-refractivity contribution in [1.82, 2.24) is 10.6 Å². The molecule has 1 unspecified atom stereocenters. The summed E-state index contributed by atoms with van der Waals surface area (Å²) in [7, 11) is 0. The molecular weight excluding hydrogens is 320 g/mol. The number of guanidine groups is 1. The summed E-state index contributed by atoms with van der Waals surface area (Å²) in [6.45, 7) is 2.89. The highest BCUT2D eigenvalue weighted by Crippen LogP contribution is 2.24. The molecule has 1 aliphatic heterocycles. The first-order chi connectivity index (χ1) is 11.6. The molecule has 0 bridgehead atoms. The standard InChI is InChI=1S/C19H21ClN4/c1-13-4-2-3-5-16(13)17-12-18(24-19(21)23-17)22-11-10-14-6-8-15(20)9-7-14/h2-9,12,17,22H,10-11H2,1H3,(H3,21,23,24). The molecule has 1 heterocycles. The van der Waals surface area contributed by atoms with Gasteiger partial charge in [0.1, 0.15) is 11.9 Å². The predicted octanol–water partition coefficient (Wildman–Crippen LogP) is 3.28. The number of hydrogen-bond donors (Lipinski definition) is 3. The Hall–Kier alpha value is -2.46. The average Bonchev–Trinajstić information content (AvgIpc) is 2.57. The predicted molar refractivity (Wildman–Crippen MR) is 99.9 cm³/mol. The fourth-order valence-electron chi connectivity index (χ4n) is 2.73. The van der Waals surface area contributed by atoms with Crippen LogP contribution < -0.4 is 16.4 Å². The molecule has 4 N–H and O–H groups in total. The summed E-state index contributed by atoms with van der Waals surface area (Å²) < 4.78 is 0. The van der Waals surface area contributed by atoms with Crippen LogP contribution in [-0.2, 0) is 6.42 Å². The zero-order valence-corrected chi connectivity index (χ0v) is 14.3. The first kappa shape index (κ1) is 16.4. The molecule has 2 aromatic rings. The highest BCUT2D eigenvalue weighted by molar-refractivity contribution is 6.30. The zero-order chi connectivity index (χ0) is 16.9. The van der Waals surface area contributed by atoms with Crippen molar-refractivity contribution in [3.05, 3.63) is 82.1 Å². The maximum Gasteiger partial charge on any atom is 0.195 e. The van der Waals surface area contributed by atoms with Crippen molar-refractivity contribution in [2.45, 2.75) is 19.4 Å². The second kappa shape index (κ2) is 7.41. The molecule has 4 nitrogen and oxygen atoms in total. The second-order valence-electron chi connectivity index (χ2n) is 5.82. The van der Waals surface area contributed by atoms with Gasteiger partial charge in [-0.15, -0.1) is 0 Å². The minimum Gasteiger partial charge on any atom is -0.371 e. The third-order valence-electron chi connectivity index (χ3n) is 4.01. The molecule has 0 fully saturated rings. The lowest BCUT2D eigenvalue weighted by Gasteiger charge is -2.22. The van der Waals surface area contributed by atoms with E-state index in [9.17, 15) is 0 Å². The number of aliphatic imine (C=N–C) groups is 1. The van der Waals surface area contributed by atoms with E-state index in [1.54, 1.807) is 0 Å². The lowest BCUT2D eigenvalue weighted by molar-refractivity contribution is 0.711. The summed E-state index contributed by atoms with van der Waals surface area (Å²) in [5.74, 6) is 1.32. The molecule has 0 saturated heterocycles. The van der Waals surface area contributed by atoms with Gasteiger partial charge in [0.25, 0.3) is 0 Å². The quantitative estimate of drug-likeness (QED) is 0.782. The maximum absolute atomic E-state index is 5.95. The Morgan fingerprint density at radius 2 is 1.92 bits per heavy atom. The molecular formula is C19H21ClN4. The van der Waals surface area contributed by atoms with Crippen LogP contribution >= 0.6 is 11.6 Å². The Balaban J connectivity index is 1.65. The van der Waals surface area contributed by atoms with Crippen molar-refractivity contribution in [3.63, 3.8) is 0 Å². The molecule has 1 aliphatic rings. The third kappa shape index (κ3) is 4.09. The van der Waals surface area contributed by atoms with Gasteiger partial charge in [-0.1, -0.05) is 48.0 Å². The molecule has 3 rings (SSSR count). The molecule has 24 heavy (non-hydrogen) atoms. The highest BCUT2D eigenvalue weighted by atomic mass is 35.5. The van der Waals surface area contributed by atoms with Gasteiger partial charge in [-0.3, -0.25) is 0 Å². The van der Waals surface area contributed by atoms with Gasteiger partial charge in [0.05, 0.1) is 0 Å². The van der Waals surface area contributed by atoms with Crippen LogP contribution in [0.15, 0.2) is 65.4 Å². The topological polar surface area (TPSA) is 62.4 Å². The second-order valence-corrected chi connectivity index (χ2v) is 6.26. The van der Waals surface area contributed by atoms with E-state index in [0.717, 1.165) is 23.8 Å². The first-order valence-corrected chi connectivity index (χ1v) is 8.35. The molecule has 0 amide bonds. The van der Waals surface area contributed by atoms with E-state index in [0.29, 0.717) is 5.96 Å². The largest absolute Gasteiger partial charge is 0.371 e. The Labute approximate surface area is 147 Å². The molecule has 0 radical (unpaired) electrons. The van der Waals surface area contributed by atoms with Gasteiger partial charge in [0.2, 0.25) is 0 Å². The summed E-state index contributed by atoms with van der Waals surface area (Å²) in [6, 6.07) is 16.1. The van der Waals surface area contributed by atoms with Crippen LogP contribution in [0.4, 0.5) is 0 Å². The molecule has 2 aromatic carbocycles. The Morgan fingerprint density at radius 3 is 2.67 bits per heavy atom. The van der Waals surface area contributed by atoms with Crippen LogP contribution in [-0.4, -0.2) is 12.5 Å². The lowest BCUT2D eigenvalue weighted by atomic mass is 10.0. The van der Waals surface area contributed by atoms with Gasteiger partial charge in [-0.25, -0.2) is 4.99 Å². The number of nitrogens with two attached hydrogens (primary N) is 1. The summed E-state index contributed by atoms with van der Waals surface area (Å²) in [4.78, 5) is 4.49. The number of nitrogens with one attached hydrogen (secondary N) is 2. The van der Waals surface area contributed by atoms with E-state index < -0.39 is 0 Å². The van der Waals surface area contributed by atoms with Crippen LogP contribution in [0.3, 0.4) is 0 Å². The summed E-state index contributed by atoms with van der Waals surface area (Å²) in [5.41, 5.74) is 9.55. The van der Waals surface area contributed by atoms with Crippen molar-refractivity contribution < 1.29 is 0 Å². The maximum atomic E-state index is 5.95. The van der Waals surface area contributed by atoms with Gasteiger partial charge in [0.15, 0.2) is 5.96 Å². The van der Waals surface area contributed by atoms with Crippen LogP contribution in [0.1, 0.15) is 22.7 Å². The van der Waals surface area contributed by atoms with Gasteiger partial charge in [-0.2, -0.15) is 0 Å². The van der Waals surface area contributed by atoms with Crippen LogP contribution in [0.5, 0.6) is 0 Å². The van der Waals surface area contributed by atoms with Crippen LogP contribution in [0.2, 0.25) is 5.02 Å². The normalized spacial score (nSPS) is 16.8. The molecule has 0 aromatic heterocycles. The van der Waals surface area contributed by atoms with E-state index in [2.05, 4.69) is 40.8 Å². The minimum absolute atomic E-state index is 0.0644. The van der Waals surface area contributed by atoms with Crippen molar-refractivity contribution in [2.24, 2.45) is 10.7 Å². The van der Waals surface area contributed by atoms with E-state index in [-0.39, 0.29) is 6.04 Å². The lowest BCUT2D eigenvalue weighted by Crippen LogP contribution is -2.40. The Bertz CT molecular complexity index is 765. The summed E-state index contributed by atoms with van der Waals surface area (Å²) in [6.07, 6.45) is 2.98. The monoisotopic (exact) mass is 340 g/mol. The number of nitrogens with zero attached hydrogens (tertiary/aromatic N) is 1. The molecule has 0 aliphatic carbocycles. The van der Waals surface area contributed by atoms with Crippen molar-refractivity contribution in [1.29, 1.82) is 0 Å². The van der Waals surface area contributed by atoms with Gasteiger partial charge in [-0.05, 0) is 48.2 Å². The molecule has 5 heteroatoms. The highest BCUT2D eigenvalue weighted by Gasteiger charge is 2.16. The Morgan fingerprint density at radius 1 is 1.17 bits per heavy atom. The fourth-order valence-corrected chi connectivity index (χ4v) is 2.86. The van der Waals surface area contributed by atoms with Gasteiger partial charge < -0.3 is 16.4 Å². The van der Waals surface area contributed by atoms with Crippen molar-refractivity contribution in [3.8, 4) is 0 Å². The SMILES string of the molecule is Cc1ccccc1C1C=C(NCCc2ccc(Cl)cc2)NC(N)=N1. The van der Waals surface area contributed by atoms with Crippen molar-refractivity contribution in [2.75, 3.05) is 6.54 Å². The third-order valence-corrected chi connectivity index (χ3v) is 4.27.